The molecule has 0 saturated heterocycles. The van der Waals surface area contributed by atoms with E-state index in [1.807, 2.05) is 24.3 Å². The summed E-state index contributed by atoms with van der Waals surface area (Å²) in [6.07, 6.45) is 2.21. The molecule has 0 radical (unpaired) electrons. The first kappa shape index (κ1) is 14.4. The summed E-state index contributed by atoms with van der Waals surface area (Å²) >= 11 is 0. The monoisotopic (exact) mass is 297 g/mol. The minimum absolute atomic E-state index is 0.117. The maximum atomic E-state index is 13.3. The number of hydrogen-bond donors (Lipinski definition) is 0. The summed E-state index contributed by atoms with van der Waals surface area (Å²) in [7, 11) is 0. The van der Waals surface area contributed by atoms with E-state index in [9.17, 15) is 9.30 Å². The van der Waals surface area contributed by atoms with Gasteiger partial charge in [-0.15, -0.1) is 4.91 Å². The molecule has 0 atom stereocenters. The molecule has 0 N–H and O–H groups in total. The number of nitroso groups, excluding NO2 is 1. The summed E-state index contributed by atoms with van der Waals surface area (Å²) in [4.78, 5) is 15.6. The van der Waals surface area contributed by atoms with Crippen LogP contribution >= 0.6 is 0 Å². The molecule has 0 aliphatic rings. The van der Waals surface area contributed by atoms with Crippen molar-refractivity contribution in [1.29, 1.82) is 0 Å². The Kier molecular flexibility index (Phi) is 3.71. The number of rotatable bonds is 4. The van der Waals surface area contributed by atoms with Crippen LogP contribution in [0.2, 0.25) is 0 Å². The number of pyridine rings is 1. The number of nitrogens with zero attached hydrogens (tertiary/aromatic N) is 3. The van der Waals surface area contributed by atoms with E-state index in [4.69, 9.17) is 0 Å². The zero-order valence-corrected chi connectivity index (χ0v) is 12.5. The Morgan fingerprint density at radius 2 is 1.91 bits per heavy atom. The van der Waals surface area contributed by atoms with Crippen molar-refractivity contribution < 1.29 is 4.39 Å². The van der Waals surface area contributed by atoms with Crippen LogP contribution in [0, 0.1) is 16.6 Å². The highest BCUT2D eigenvalue weighted by Crippen LogP contribution is 2.31. The molecule has 3 rings (SSSR count). The minimum Gasteiger partial charge on any atom is -0.278 e. The lowest BCUT2D eigenvalue weighted by Gasteiger charge is -2.05. The molecule has 2 aromatic heterocycles. The summed E-state index contributed by atoms with van der Waals surface area (Å²) in [5.41, 5.74) is 2.99. The molecule has 0 aliphatic heterocycles. The van der Waals surface area contributed by atoms with Crippen LogP contribution in [-0.2, 0) is 6.42 Å². The van der Waals surface area contributed by atoms with Gasteiger partial charge in [-0.25, -0.2) is 9.37 Å². The van der Waals surface area contributed by atoms with Crippen molar-refractivity contribution in [3.8, 4) is 11.3 Å². The standard InChI is InChI=1S/C17H16FN3O/c1-11(2)9-12-3-5-13(6-4-12)16-17(20-22)21-10-14(18)7-8-15(21)19-16/h3-8,10-11H,9H2,1-2H3. The molecule has 4 nitrogen and oxygen atoms in total. The van der Waals surface area contributed by atoms with E-state index in [-0.39, 0.29) is 5.82 Å². The Balaban J connectivity index is 2.07. The van der Waals surface area contributed by atoms with E-state index in [0.29, 0.717) is 17.3 Å². The highest BCUT2D eigenvalue weighted by Gasteiger charge is 2.15. The van der Waals surface area contributed by atoms with E-state index in [0.717, 1.165) is 12.0 Å². The van der Waals surface area contributed by atoms with E-state index in [1.165, 1.54) is 28.3 Å². The molecule has 0 bridgehead atoms. The molecule has 0 spiro atoms. The van der Waals surface area contributed by atoms with Gasteiger partial charge >= 0.3 is 0 Å². The number of hydrogen-bond acceptors (Lipinski definition) is 3. The van der Waals surface area contributed by atoms with Crippen LogP contribution in [0.4, 0.5) is 10.2 Å². The Morgan fingerprint density at radius 1 is 1.18 bits per heavy atom. The van der Waals surface area contributed by atoms with Gasteiger partial charge in [0.05, 0.1) is 0 Å². The maximum absolute atomic E-state index is 13.3. The molecule has 1 aromatic carbocycles. The summed E-state index contributed by atoms with van der Waals surface area (Å²) in [5.74, 6) is 0.260. The SMILES string of the molecule is CC(C)Cc1ccc(-c2nc3ccc(F)cn3c2N=O)cc1. The van der Waals surface area contributed by atoms with Crippen molar-refractivity contribution in [2.45, 2.75) is 20.3 Å². The fourth-order valence-electron chi connectivity index (χ4n) is 2.56. The predicted molar refractivity (Wildman–Crippen MR) is 84.6 cm³/mol. The summed E-state index contributed by atoms with van der Waals surface area (Å²) in [6, 6.07) is 10.7. The van der Waals surface area contributed by atoms with Crippen molar-refractivity contribution in [2.24, 2.45) is 11.1 Å². The first-order valence-corrected chi connectivity index (χ1v) is 7.19. The molecular weight excluding hydrogens is 281 g/mol. The van der Waals surface area contributed by atoms with Crippen molar-refractivity contribution in [3.63, 3.8) is 0 Å². The van der Waals surface area contributed by atoms with Gasteiger partial charge in [0.25, 0.3) is 0 Å². The maximum Gasteiger partial charge on any atom is 0.209 e. The summed E-state index contributed by atoms with van der Waals surface area (Å²) in [6.45, 7) is 4.33. The molecule has 0 fully saturated rings. The smallest absolute Gasteiger partial charge is 0.209 e. The van der Waals surface area contributed by atoms with Crippen LogP contribution in [0.1, 0.15) is 19.4 Å². The number of imidazole rings is 1. The molecule has 0 amide bonds. The first-order chi connectivity index (χ1) is 10.6. The average molecular weight is 297 g/mol. The van der Waals surface area contributed by atoms with Crippen LogP contribution in [0.3, 0.4) is 0 Å². The second kappa shape index (κ2) is 5.67. The second-order valence-electron chi connectivity index (χ2n) is 5.75. The first-order valence-electron chi connectivity index (χ1n) is 7.19. The predicted octanol–water partition coefficient (Wildman–Crippen LogP) is 4.74. The normalized spacial score (nSPS) is 11.3. The van der Waals surface area contributed by atoms with Crippen molar-refractivity contribution >= 4 is 11.5 Å². The third-order valence-corrected chi connectivity index (χ3v) is 3.52. The van der Waals surface area contributed by atoms with Crippen LogP contribution in [0.15, 0.2) is 47.8 Å². The number of benzene rings is 1. The van der Waals surface area contributed by atoms with Crippen LogP contribution < -0.4 is 0 Å². The molecule has 22 heavy (non-hydrogen) atoms. The molecule has 3 aromatic rings. The lowest BCUT2D eigenvalue weighted by Crippen LogP contribution is -1.93. The molecule has 2 heterocycles. The minimum atomic E-state index is -0.436. The fourth-order valence-corrected chi connectivity index (χ4v) is 2.56. The third-order valence-electron chi connectivity index (χ3n) is 3.52. The number of halogens is 1. The van der Waals surface area contributed by atoms with Gasteiger partial charge in [-0.05, 0) is 35.2 Å². The zero-order valence-electron chi connectivity index (χ0n) is 12.5. The molecule has 0 unspecified atom stereocenters. The van der Waals surface area contributed by atoms with E-state index in [1.54, 1.807) is 0 Å². The summed E-state index contributed by atoms with van der Waals surface area (Å²) < 4.78 is 14.7. The molecule has 5 heteroatoms. The fraction of sp³-hybridized carbons (Fsp3) is 0.235. The lowest BCUT2D eigenvalue weighted by atomic mass is 10.0. The van der Waals surface area contributed by atoms with Crippen molar-refractivity contribution in [1.82, 2.24) is 9.38 Å². The molecular formula is C17H16FN3O. The molecule has 0 aliphatic carbocycles. The van der Waals surface area contributed by atoms with E-state index in [2.05, 4.69) is 24.0 Å². The van der Waals surface area contributed by atoms with Gasteiger partial charge in [-0.3, -0.25) is 4.40 Å². The van der Waals surface area contributed by atoms with Gasteiger partial charge in [-0.2, -0.15) is 0 Å². The van der Waals surface area contributed by atoms with Crippen LogP contribution in [0.25, 0.3) is 16.9 Å². The van der Waals surface area contributed by atoms with Gasteiger partial charge in [0.15, 0.2) is 0 Å². The molecule has 0 saturated carbocycles. The third kappa shape index (κ3) is 2.62. The second-order valence-corrected chi connectivity index (χ2v) is 5.75. The number of fused-ring (bicyclic) bond motifs is 1. The van der Waals surface area contributed by atoms with Crippen molar-refractivity contribution in [3.05, 3.63) is 58.9 Å². The number of aromatic nitrogens is 2. The van der Waals surface area contributed by atoms with Gasteiger partial charge in [0.2, 0.25) is 5.82 Å². The van der Waals surface area contributed by atoms with Gasteiger partial charge < -0.3 is 0 Å². The van der Waals surface area contributed by atoms with Gasteiger partial charge in [0, 0.05) is 11.8 Å². The van der Waals surface area contributed by atoms with Crippen molar-refractivity contribution in [2.75, 3.05) is 0 Å². The Labute approximate surface area is 127 Å². The van der Waals surface area contributed by atoms with Gasteiger partial charge in [-0.1, -0.05) is 38.1 Å². The average Bonchev–Trinajstić information content (AvgIpc) is 2.85. The van der Waals surface area contributed by atoms with Gasteiger partial charge in [0.1, 0.15) is 17.2 Å². The Morgan fingerprint density at radius 3 is 2.55 bits per heavy atom. The highest BCUT2D eigenvalue weighted by molar-refractivity contribution is 5.74. The lowest BCUT2D eigenvalue weighted by molar-refractivity contribution is 0.619. The Hall–Kier alpha value is -2.56. The summed E-state index contributed by atoms with van der Waals surface area (Å²) in [5, 5.41) is 3.03. The zero-order chi connectivity index (χ0) is 15.7. The Bertz CT molecular complexity index is 822. The quantitative estimate of drug-likeness (QED) is 0.653. The van der Waals surface area contributed by atoms with E-state index < -0.39 is 5.82 Å². The topological polar surface area (TPSA) is 46.7 Å². The van der Waals surface area contributed by atoms with E-state index >= 15 is 0 Å². The van der Waals surface area contributed by atoms with Crippen LogP contribution in [-0.4, -0.2) is 9.38 Å². The highest BCUT2D eigenvalue weighted by atomic mass is 19.1. The van der Waals surface area contributed by atoms with Crippen LogP contribution in [0.5, 0.6) is 0 Å². The largest absolute Gasteiger partial charge is 0.278 e. The molecule has 112 valence electrons.